The van der Waals surface area contributed by atoms with Crippen molar-refractivity contribution in [2.45, 2.75) is 57.2 Å². The van der Waals surface area contributed by atoms with Gasteiger partial charge in [0.25, 0.3) is 0 Å². The first kappa shape index (κ1) is 21.8. The number of ether oxygens (including phenoxy) is 3. The van der Waals surface area contributed by atoms with Gasteiger partial charge in [-0.3, -0.25) is 0 Å². The molecule has 0 aliphatic carbocycles. The van der Waals surface area contributed by atoms with Crippen LogP contribution in [0.15, 0.2) is 43.0 Å². The second kappa shape index (κ2) is 9.15. The molecule has 1 aliphatic rings. The highest BCUT2D eigenvalue weighted by molar-refractivity contribution is 6.74. The maximum absolute atomic E-state index is 12.3. The molecule has 1 aliphatic heterocycles. The summed E-state index contributed by atoms with van der Waals surface area (Å²) in [6, 6.07) is 8.90. The molecule has 6 heteroatoms. The molecule has 0 unspecified atom stereocenters. The van der Waals surface area contributed by atoms with Gasteiger partial charge in [0.05, 0.1) is 25.4 Å². The van der Waals surface area contributed by atoms with E-state index in [4.69, 9.17) is 18.6 Å². The lowest BCUT2D eigenvalue weighted by Gasteiger charge is -2.36. The van der Waals surface area contributed by atoms with Crippen molar-refractivity contribution in [1.29, 1.82) is 0 Å². The van der Waals surface area contributed by atoms with Crippen LogP contribution < -0.4 is 0 Å². The molecule has 0 bridgehead atoms. The molecule has 150 valence electrons. The van der Waals surface area contributed by atoms with Crippen LogP contribution in [0.5, 0.6) is 0 Å². The highest BCUT2D eigenvalue weighted by atomic mass is 28.4. The highest BCUT2D eigenvalue weighted by Crippen LogP contribution is 2.36. The SMILES string of the molecule is C=C[C@@H](OC(=O)c1ccccc1)[C@@H](OCCO[Si](C)(C)C(C)(C)C)[C@H]1CO1. The van der Waals surface area contributed by atoms with Crippen LogP contribution in [-0.4, -0.2) is 52.4 Å². The lowest BCUT2D eigenvalue weighted by atomic mass is 10.1. The van der Waals surface area contributed by atoms with E-state index in [1.165, 1.54) is 0 Å². The molecule has 0 saturated carbocycles. The summed E-state index contributed by atoms with van der Waals surface area (Å²) < 4.78 is 23.1. The van der Waals surface area contributed by atoms with Crippen LogP contribution in [0, 0.1) is 0 Å². The maximum Gasteiger partial charge on any atom is 0.338 e. The summed E-state index contributed by atoms with van der Waals surface area (Å²) in [6.07, 6.45) is 0.572. The Kier molecular flexibility index (Phi) is 7.39. The molecule has 1 aromatic rings. The minimum atomic E-state index is -1.81. The fraction of sp³-hybridized carbons (Fsp3) is 0.571. The van der Waals surface area contributed by atoms with E-state index in [-0.39, 0.29) is 17.2 Å². The van der Waals surface area contributed by atoms with E-state index in [1.807, 2.05) is 6.07 Å². The monoisotopic (exact) mass is 392 g/mol. The summed E-state index contributed by atoms with van der Waals surface area (Å²) in [6.45, 7) is 16.4. The summed E-state index contributed by atoms with van der Waals surface area (Å²) >= 11 is 0. The van der Waals surface area contributed by atoms with Crippen molar-refractivity contribution in [3.8, 4) is 0 Å². The molecule has 0 aromatic heterocycles. The second-order valence-corrected chi connectivity index (χ2v) is 13.1. The number of epoxide rings is 1. The molecule has 0 spiro atoms. The lowest BCUT2D eigenvalue weighted by molar-refractivity contribution is -0.0530. The molecule has 1 aromatic carbocycles. The van der Waals surface area contributed by atoms with Crippen molar-refractivity contribution < 1.29 is 23.4 Å². The topological polar surface area (TPSA) is 57.3 Å². The Morgan fingerprint density at radius 1 is 1.30 bits per heavy atom. The Hall–Kier alpha value is -1.47. The first-order chi connectivity index (χ1) is 12.7. The van der Waals surface area contributed by atoms with Crippen LogP contribution in [0.25, 0.3) is 0 Å². The molecular formula is C21H32O5Si. The Balaban J connectivity index is 1.89. The molecule has 1 saturated heterocycles. The molecule has 3 atom stereocenters. The standard InChI is InChI=1S/C21H32O5Si/c1-7-17(26-20(22)16-11-9-8-10-12-16)19(18-15-24-18)23-13-14-25-27(5,6)21(2,3)4/h7-12,17-19H,1,13-15H2,2-6H3/t17-,18-,19-/m1/s1. The van der Waals surface area contributed by atoms with Crippen molar-refractivity contribution in [2.75, 3.05) is 19.8 Å². The Morgan fingerprint density at radius 2 is 1.93 bits per heavy atom. The van der Waals surface area contributed by atoms with Gasteiger partial charge in [-0.05, 0) is 36.3 Å². The number of benzene rings is 1. The summed E-state index contributed by atoms with van der Waals surface area (Å²) in [5, 5.41) is 0.154. The average Bonchev–Trinajstić information content (AvgIpc) is 3.44. The van der Waals surface area contributed by atoms with Crippen LogP contribution in [0.1, 0.15) is 31.1 Å². The van der Waals surface area contributed by atoms with Crippen molar-refractivity contribution >= 4 is 14.3 Å². The first-order valence-electron chi connectivity index (χ1n) is 9.41. The molecule has 5 nitrogen and oxygen atoms in total. The Morgan fingerprint density at radius 3 is 2.44 bits per heavy atom. The van der Waals surface area contributed by atoms with Gasteiger partial charge in [0.15, 0.2) is 8.32 Å². The minimum absolute atomic E-state index is 0.0792. The van der Waals surface area contributed by atoms with Gasteiger partial charge in [0.2, 0.25) is 0 Å². The smallest absolute Gasteiger partial charge is 0.338 e. The zero-order valence-electron chi connectivity index (χ0n) is 17.1. The van der Waals surface area contributed by atoms with E-state index in [0.29, 0.717) is 25.4 Å². The van der Waals surface area contributed by atoms with Gasteiger partial charge >= 0.3 is 5.97 Å². The third-order valence-corrected chi connectivity index (χ3v) is 9.74. The third-order valence-electron chi connectivity index (χ3n) is 5.20. The van der Waals surface area contributed by atoms with Crippen LogP contribution in [0.2, 0.25) is 18.1 Å². The van der Waals surface area contributed by atoms with Crippen molar-refractivity contribution in [1.82, 2.24) is 0 Å². The van der Waals surface area contributed by atoms with Crippen LogP contribution in [0.4, 0.5) is 0 Å². The first-order valence-corrected chi connectivity index (χ1v) is 12.3. The number of hydrogen-bond donors (Lipinski definition) is 0. The van der Waals surface area contributed by atoms with Gasteiger partial charge in [-0.1, -0.05) is 45.5 Å². The van der Waals surface area contributed by atoms with E-state index in [2.05, 4.69) is 40.4 Å². The summed E-state index contributed by atoms with van der Waals surface area (Å²) in [7, 11) is -1.81. The lowest BCUT2D eigenvalue weighted by Crippen LogP contribution is -2.42. The predicted molar refractivity (Wildman–Crippen MR) is 108 cm³/mol. The van der Waals surface area contributed by atoms with Crippen molar-refractivity contribution in [2.24, 2.45) is 0 Å². The normalized spacial score (nSPS) is 19.2. The molecular weight excluding hydrogens is 360 g/mol. The van der Waals surface area contributed by atoms with Gasteiger partial charge in [-0.25, -0.2) is 4.79 Å². The highest BCUT2D eigenvalue weighted by Gasteiger charge is 2.41. The molecule has 1 fully saturated rings. The quantitative estimate of drug-likeness (QED) is 0.196. The van der Waals surface area contributed by atoms with Crippen LogP contribution in [0.3, 0.4) is 0 Å². The van der Waals surface area contributed by atoms with E-state index >= 15 is 0 Å². The number of carbonyl (C=O) groups excluding carboxylic acids is 1. The molecule has 27 heavy (non-hydrogen) atoms. The minimum Gasteiger partial charge on any atom is -0.452 e. The zero-order valence-corrected chi connectivity index (χ0v) is 18.1. The number of hydrogen-bond acceptors (Lipinski definition) is 5. The molecule has 0 amide bonds. The van der Waals surface area contributed by atoms with E-state index in [1.54, 1.807) is 30.3 Å². The van der Waals surface area contributed by atoms with E-state index in [0.717, 1.165) is 0 Å². The summed E-state index contributed by atoms with van der Waals surface area (Å²) in [5.74, 6) is -0.396. The molecule has 2 rings (SSSR count). The zero-order chi connectivity index (χ0) is 20.1. The molecule has 1 heterocycles. The second-order valence-electron chi connectivity index (χ2n) is 8.29. The van der Waals surface area contributed by atoms with Gasteiger partial charge < -0.3 is 18.6 Å². The third kappa shape index (κ3) is 6.28. The van der Waals surface area contributed by atoms with Crippen LogP contribution in [-0.2, 0) is 18.6 Å². The van der Waals surface area contributed by atoms with Gasteiger partial charge in [-0.15, -0.1) is 0 Å². The number of carbonyl (C=O) groups is 1. The van der Waals surface area contributed by atoms with Crippen molar-refractivity contribution in [3.63, 3.8) is 0 Å². The Bertz CT molecular complexity index is 619. The summed E-state index contributed by atoms with van der Waals surface area (Å²) in [4.78, 5) is 12.3. The largest absolute Gasteiger partial charge is 0.452 e. The fourth-order valence-electron chi connectivity index (χ4n) is 2.37. The molecule has 0 radical (unpaired) electrons. The van der Waals surface area contributed by atoms with E-state index in [9.17, 15) is 4.79 Å². The molecule has 0 N–H and O–H groups in total. The van der Waals surface area contributed by atoms with Gasteiger partial charge in [0.1, 0.15) is 18.3 Å². The maximum atomic E-state index is 12.3. The van der Waals surface area contributed by atoms with E-state index < -0.39 is 20.4 Å². The average molecular weight is 393 g/mol. The number of rotatable bonds is 10. The van der Waals surface area contributed by atoms with Crippen LogP contribution >= 0.6 is 0 Å². The fourth-order valence-corrected chi connectivity index (χ4v) is 3.40. The Labute approximate surface area is 163 Å². The predicted octanol–water partition coefficient (Wildman–Crippen LogP) is 4.20. The summed E-state index contributed by atoms with van der Waals surface area (Å²) in [5.41, 5.74) is 0.501. The van der Waals surface area contributed by atoms with Gasteiger partial charge in [0, 0.05) is 0 Å². The van der Waals surface area contributed by atoms with Gasteiger partial charge in [-0.2, -0.15) is 0 Å². The number of esters is 1. The van der Waals surface area contributed by atoms with Crippen molar-refractivity contribution in [3.05, 3.63) is 48.6 Å².